The molecule has 12 nitrogen and oxygen atoms in total. The maximum Gasteiger partial charge on any atom is 0.418 e. The van der Waals surface area contributed by atoms with Crippen molar-refractivity contribution in [3.63, 3.8) is 0 Å². The van der Waals surface area contributed by atoms with Gasteiger partial charge in [0, 0.05) is 24.7 Å². The second kappa shape index (κ2) is 16.4. The number of amides is 3. The van der Waals surface area contributed by atoms with E-state index in [4.69, 9.17) is 16.3 Å². The first kappa shape index (κ1) is 37.4. The van der Waals surface area contributed by atoms with Gasteiger partial charge in [0.15, 0.2) is 12.1 Å². The van der Waals surface area contributed by atoms with Gasteiger partial charge in [0.25, 0.3) is 11.8 Å². The summed E-state index contributed by atoms with van der Waals surface area (Å²) in [6.45, 7) is 3.72. The minimum atomic E-state index is -3.91. The molecule has 51 heavy (non-hydrogen) atoms. The second-order valence-corrected chi connectivity index (χ2v) is 14.4. The molecule has 3 aromatic carbocycles. The molecule has 1 aliphatic rings. The van der Waals surface area contributed by atoms with Crippen LogP contribution in [0.15, 0.2) is 83.8 Å². The molecule has 268 valence electrons. The third kappa shape index (κ3) is 8.38. The zero-order valence-corrected chi connectivity index (χ0v) is 30.2. The van der Waals surface area contributed by atoms with E-state index in [1.807, 2.05) is 36.4 Å². The van der Waals surface area contributed by atoms with Gasteiger partial charge in [0.2, 0.25) is 15.8 Å². The molecule has 2 heterocycles. The zero-order chi connectivity index (χ0) is 36.7. The Balaban J connectivity index is 1.46. The van der Waals surface area contributed by atoms with Gasteiger partial charge in [-0.25, -0.2) is 22.8 Å². The summed E-state index contributed by atoms with van der Waals surface area (Å²) in [5.74, 6) is -2.92. The van der Waals surface area contributed by atoms with Crippen LogP contribution >= 0.6 is 11.6 Å². The number of ether oxygens (including phenoxy) is 1. The number of nitrogens with zero attached hydrogens (tertiary/aromatic N) is 3. The minimum absolute atomic E-state index is 0.0447. The van der Waals surface area contributed by atoms with Crippen molar-refractivity contribution in [2.75, 3.05) is 11.9 Å². The van der Waals surface area contributed by atoms with Crippen LogP contribution < -0.4 is 10.0 Å². The van der Waals surface area contributed by atoms with E-state index in [1.54, 1.807) is 31.3 Å². The van der Waals surface area contributed by atoms with Crippen LogP contribution in [0.3, 0.4) is 0 Å². The fourth-order valence-corrected chi connectivity index (χ4v) is 7.31. The number of carbonyl (C=O) groups is 4. The predicted molar refractivity (Wildman–Crippen MR) is 194 cm³/mol. The second-order valence-electron chi connectivity index (χ2n) is 12.2. The minimum Gasteiger partial charge on any atom is -0.436 e. The number of sulfonamides is 1. The molecule has 5 rings (SSSR count). The lowest BCUT2D eigenvalue weighted by atomic mass is 9.94. The number of hydrogen-bond acceptors (Lipinski definition) is 8. The Morgan fingerprint density at radius 3 is 2.16 bits per heavy atom. The summed E-state index contributed by atoms with van der Waals surface area (Å²) in [7, 11) is -2.26. The van der Waals surface area contributed by atoms with E-state index in [1.165, 1.54) is 29.8 Å². The van der Waals surface area contributed by atoms with Crippen molar-refractivity contribution in [1.82, 2.24) is 19.4 Å². The smallest absolute Gasteiger partial charge is 0.418 e. The fourth-order valence-electron chi connectivity index (χ4n) is 5.92. The van der Waals surface area contributed by atoms with Gasteiger partial charge >= 0.3 is 6.09 Å². The van der Waals surface area contributed by atoms with Crippen molar-refractivity contribution in [2.45, 2.75) is 69.4 Å². The van der Waals surface area contributed by atoms with Crippen molar-refractivity contribution in [3.8, 4) is 22.4 Å². The summed E-state index contributed by atoms with van der Waals surface area (Å²) in [5, 5.41) is 6.89. The molecule has 1 aliphatic heterocycles. The van der Waals surface area contributed by atoms with Crippen molar-refractivity contribution < 1.29 is 32.3 Å². The number of rotatable bonds is 16. The largest absolute Gasteiger partial charge is 0.436 e. The monoisotopic (exact) mass is 733 g/mol. The highest BCUT2D eigenvalue weighted by Crippen LogP contribution is 2.36. The normalized spacial score (nSPS) is 15.1. The molecule has 1 aromatic heterocycles. The number of ketones is 1. The fraction of sp³-hybridized carbons (Fsp3) is 0.324. The van der Waals surface area contributed by atoms with Gasteiger partial charge in [-0.05, 0) is 37.1 Å². The Kier molecular flexibility index (Phi) is 12.1. The van der Waals surface area contributed by atoms with Crippen molar-refractivity contribution in [2.24, 2.45) is 7.05 Å². The Morgan fingerprint density at radius 1 is 0.922 bits per heavy atom. The Labute approximate surface area is 302 Å². The molecule has 3 amide bonds. The van der Waals surface area contributed by atoms with Gasteiger partial charge in [0.05, 0.1) is 21.3 Å². The van der Waals surface area contributed by atoms with E-state index in [-0.39, 0.29) is 27.8 Å². The molecule has 2 unspecified atom stereocenters. The molecule has 0 aliphatic carbocycles. The van der Waals surface area contributed by atoms with E-state index < -0.39 is 45.9 Å². The molecule has 2 atom stereocenters. The highest BCUT2D eigenvalue weighted by molar-refractivity contribution is 7.89. The maximum absolute atomic E-state index is 14.6. The lowest BCUT2D eigenvalue weighted by Crippen LogP contribution is -2.52. The molecule has 0 bridgehead atoms. The summed E-state index contributed by atoms with van der Waals surface area (Å²) in [4.78, 5) is 55.2. The third-order valence-electron chi connectivity index (χ3n) is 8.54. The van der Waals surface area contributed by atoms with Crippen LogP contribution in [0, 0.1) is 0 Å². The van der Waals surface area contributed by atoms with Crippen LogP contribution in [0.4, 0.5) is 10.5 Å². The van der Waals surface area contributed by atoms with Crippen LogP contribution in [0.2, 0.25) is 5.02 Å². The lowest BCUT2D eigenvalue weighted by Gasteiger charge is -2.22. The Bertz CT molecular complexity index is 2020. The quantitative estimate of drug-likeness (QED) is 0.0741. The van der Waals surface area contributed by atoms with E-state index in [0.29, 0.717) is 28.1 Å². The molecule has 0 radical (unpaired) electrons. The number of benzene rings is 3. The summed E-state index contributed by atoms with van der Waals surface area (Å²) < 4.78 is 35.1. The Hall–Kier alpha value is -4.85. The van der Waals surface area contributed by atoms with Crippen LogP contribution in [0.1, 0.15) is 62.9 Å². The molecular weight excluding hydrogens is 694 g/mol. The van der Waals surface area contributed by atoms with Gasteiger partial charge in [-0.3, -0.25) is 19.1 Å². The highest BCUT2D eigenvalue weighted by Gasteiger charge is 2.49. The van der Waals surface area contributed by atoms with Crippen LogP contribution in [-0.4, -0.2) is 65.5 Å². The standard InChI is InChI=1S/C37H40ClN5O7S/c1-4-5-6-7-8-15-22-39-51(48,49)27-20-21-29(28(38)23-27)40-35(45)33(43-36(46)24(2)50-37(43)47)34(44)31-30(25-16-11-9-12-17-25)32(42(3)41-31)26-18-13-10-14-19-26/h9-14,16-21,23-24,33,39H,4-8,15,22H2,1-3H3,(H,40,45). The Morgan fingerprint density at radius 2 is 1.55 bits per heavy atom. The molecule has 0 spiro atoms. The number of imide groups is 1. The summed E-state index contributed by atoms with van der Waals surface area (Å²) in [6, 6.07) is 19.8. The number of halogens is 1. The van der Waals surface area contributed by atoms with Gasteiger partial charge < -0.3 is 10.1 Å². The lowest BCUT2D eigenvalue weighted by molar-refractivity contribution is -0.133. The van der Waals surface area contributed by atoms with Crippen LogP contribution in [0.5, 0.6) is 0 Å². The number of aryl methyl sites for hydroxylation is 1. The van der Waals surface area contributed by atoms with Gasteiger partial charge in [-0.2, -0.15) is 5.10 Å². The molecule has 2 N–H and O–H groups in total. The number of Topliss-reactive ketones (excluding diaryl/α,β-unsaturated/α-hetero) is 1. The zero-order valence-electron chi connectivity index (χ0n) is 28.6. The number of cyclic esters (lactones) is 1. The topological polar surface area (TPSA) is 157 Å². The molecule has 0 saturated carbocycles. The molecule has 4 aromatic rings. The number of anilines is 1. The number of aromatic nitrogens is 2. The molecule has 14 heteroatoms. The van der Waals surface area contributed by atoms with E-state index in [2.05, 4.69) is 22.1 Å². The van der Waals surface area contributed by atoms with Crippen molar-refractivity contribution >= 4 is 51.0 Å². The predicted octanol–water partition coefficient (Wildman–Crippen LogP) is 6.60. The first-order chi connectivity index (χ1) is 24.4. The van der Waals surface area contributed by atoms with E-state index in [9.17, 15) is 27.6 Å². The third-order valence-corrected chi connectivity index (χ3v) is 10.3. The number of hydrogen-bond donors (Lipinski definition) is 2. The van der Waals surface area contributed by atoms with Gasteiger partial charge in [-0.1, -0.05) is 111 Å². The average Bonchev–Trinajstić information content (AvgIpc) is 3.59. The highest BCUT2D eigenvalue weighted by atomic mass is 35.5. The number of carbonyl (C=O) groups excluding carboxylic acids is 4. The van der Waals surface area contributed by atoms with Crippen LogP contribution in [0.25, 0.3) is 22.4 Å². The van der Waals surface area contributed by atoms with Gasteiger partial charge in [-0.15, -0.1) is 0 Å². The number of unbranched alkanes of at least 4 members (excludes halogenated alkanes) is 5. The van der Waals surface area contributed by atoms with E-state index in [0.717, 1.165) is 37.7 Å². The summed E-state index contributed by atoms with van der Waals surface area (Å²) in [5.41, 5.74) is 2.10. The van der Waals surface area contributed by atoms with E-state index >= 15 is 0 Å². The number of nitrogens with one attached hydrogen (secondary N) is 2. The summed E-state index contributed by atoms with van der Waals surface area (Å²) >= 11 is 6.47. The average molecular weight is 734 g/mol. The maximum atomic E-state index is 14.6. The SMILES string of the molecule is CCCCCCCCNS(=O)(=O)c1ccc(NC(=O)C(C(=O)c2nn(C)c(-c3ccccc3)c2-c2ccccc2)N2C(=O)OC(C)C2=O)c(Cl)c1. The first-order valence-electron chi connectivity index (χ1n) is 16.8. The van der Waals surface area contributed by atoms with Gasteiger partial charge in [0.1, 0.15) is 5.69 Å². The molecule has 1 saturated heterocycles. The summed E-state index contributed by atoms with van der Waals surface area (Å²) in [6.07, 6.45) is 3.58. The first-order valence-corrected chi connectivity index (χ1v) is 18.7. The van der Waals surface area contributed by atoms with Crippen molar-refractivity contribution in [1.29, 1.82) is 0 Å². The van der Waals surface area contributed by atoms with Crippen LogP contribution in [-0.2, 0) is 31.4 Å². The molecular formula is C37H40ClN5O7S. The molecule has 1 fully saturated rings. The van der Waals surface area contributed by atoms with Crippen molar-refractivity contribution in [3.05, 3.63) is 89.6 Å².